The molecule has 0 aromatic rings. The van der Waals surface area contributed by atoms with E-state index in [0.29, 0.717) is 0 Å². The standard InChI is InChI=1S/C8H17NO4/c1-7(2,3)13-6(11)9-8(4,12)5-10/h10,12H,5H2,1-4H3,(H,9,11). The van der Waals surface area contributed by atoms with Crippen molar-refractivity contribution in [2.75, 3.05) is 6.61 Å². The van der Waals surface area contributed by atoms with E-state index in [4.69, 9.17) is 9.84 Å². The van der Waals surface area contributed by atoms with E-state index in [-0.39, 0.29) is 0 Å². The number of aliphatic hydroxyl groups is 2. The Morgan fingerprint density at radius 2 is 1.85 bits per heavy atom. The lowest BCUT2D eigenvalue weighted by atomic mass is 10.2. The normalized spacial score (nSPS) is 16.2. The fourth-order valence-electron chi connectivity index (χ4n) is 0.563. The van der Waals surface area contributed by atoms with E-state index in [1.165, 1.54) is 6.92 Å². The average molecular weight is 191 g/mol. The summed E-state index contributed by atoms with van der Waals surface area (Å²) < 4.78 is 4.85. The van der Waals surface area contributed by atoms with Crippen LogP contribution in [-0.4, -0.2) is 34.2 Å². The Labute approximate surface area is 77.7 Å². The molecule has 13 heavy (non-hydrogen) atoms. The van der Waals surface area contributed by atoms with Crippen LogP contribution in [0.3, 0.4) is 0 Å². The summed E-state index contributed by atoms with van der Waals surface area (Å²) in [6.45, 7) is 5.84. The molecule has 5 heteroatoms. The molecule has 0 saturated carbocycles. The Morgan fingerprint density at radius 3 is 2.15 bits per heavy atom. The Kier molecular flexibility index (Phi) is 3.69. The molecule has 0 aliphatic heterocycles. The summed E-state index contributed by atoms with van der Waals surface area (Å²) in [5.41, 5.74) is -2.25. The summed E-state index contributed by atoms with van der Waals surface area (Å²) >= 11 is 0. The van der Waals surface area contributed by atoms with Gasteiger partial charge in [0.15, 0.2) is 5.72 Å². The van der Waals surface area contributed by atoms with Crippen LogP contribution in [0.4, 0.5) is 4.79 Å². The molecule has 0 aromatic carbocycles. The highest BCUT2D eigenvalue weighted by atomic mass is 16.6. The van der Waals surface area contributed by atoms with Crippen molar-refractivity contribution in [2.24, 2.45) is 0 Å². The van der Waals surface area contributed by atoms with E-state index in [0.717, 1.165) is 0 Å². The van der Waals surface area contributed by atoms with Crippen molar-refractivity contribution >= 4 is 6.09 Å². The van der Waals surface area contributed by atoms with Crippen molar-refractivity contribution in [1.29, 1.82) is 0 Å². The van der Waals surface area contributed by atoms with Crippen LogP contribution in [0.1, 0.15) is 27.7 Å². The molecule has 5 nitrogen and oxygen atoms in total. The van der Waals surface area contributed by atoms with Gasteiger partial charge < -0.3 is 14.9 Å². The van der Waals surface area contributed by atoms with Gasteiger partial charge in [0.1, 0.15) is 5.60 Å². The summed E-state index contributed by atoms with van der Waals surface area (Å²) in [5, 5.41) is 20.0. The molecule has 0 bridgehead atoms. The number of carbonyl (C=O) groups excluding carboxylic acids is 1. The highest BCUT2D eigenvalue weighted by molar-refractivity contribution is 5.68. The fraction of sp³-hybridized carbons (Fsp3) is 0.875. The van der Waals surface area contributed by atoms with Gasteiger partial charge in [-0.2, -0.15) is 0 Å². The lowest BCUT2D eigenvalue weighted by molar-refractivity contribution is -0.0358. The Hall–Kier alpha value is -0.810. The van der Waals surface area contributed by atoms with Gasteiger partial charge in [0.25, 0.3) is 0 Å². The summed E-state index contributed by atoms with van der Waals surface area (Å²) in [6, 6.07) is 0. The number of hydrogen-bond donors (Lipinski definition) is 3. The Balaban J connectivity index is 4.03. The molecule has 0 aromatic heterocycles. The van der Waals surface area contributed by atoms with E-state index < -0.39 is 24.0 Å². The van der Waals surface area contributed by atoms with Crippen molar-refractivity contribution in [3.8, 4) is 0 Å². The number of amides is 1. The van der Waals surface area contributed by atoms with Crippen molar-refractivity contribution in [2.45, 2.75) is 39.0 Å². The van der Waals surface area contributed by atoms with E-state index in [1.54, 1.807) is 20.8 Å². The fourth-order valence-corrected chi connectivity index (χ4v) is 0.563. The summed E-state index contributed by atoms with van der Waals surface area (Å²) in [4.78, 5) is 11.0. The summed E-state index contributed by atoms with van der Waals surface area (Å²) in [7, 11) is 0. The van der Waals surface area contributed by atoms with Gasteiger partial charge in [0.2, 0.25) is 0 Å². The van der Waals surface area contributed by atoms with Crippen LogP contribution >= 0.6 is 0 Å². The van der Waals surface area contributed by atoms with Gasteiger partial charge in [-0.25, -0.2) is 4.79 Å². The first-order chi connectivity index (χ1) is 5.66. The van der Waals surface area contributed by atoms with Crippen LogP contribution in [0.25, 0.3) is 0 Å². The molecule has 1 unspecified atom stereocenters. The smallest absolute Gasteiger partial charge is 0.409 e. The van der Waals surface area contributed by atoms with Gasteiger partial charge in [0, 0.05) is 0 Å². The lowest BCUT2D eigenvalue weighted by Gasteiger charge is -2.25. The largest absolute Gasteiger partial charge is 0.444 e. The topological polar surface area (TPSA) is 78.8 Å². The molecule has 0 rings (SSSR count). The van der Waals surface area contributed by atoms with Crippen molar-refractivity contribution in [3.05, 3.63) is 0 Å². The van der Waals surface area contributed by atoms with Gasteiger partial charge in [-0.05, 0) is 27.7 Å². The predicted molar refractivity (Wildman–Crippen MR) is 47.1 cm³/mol. The SMILES string of the molecule is CC(O)(CO)NC(=O)OC(C)(C)C. The number of nitrogens with one attached hydrogen (secondary N) is 1. The van der Waals surface area contributed by atoms with Crippen molar-refractivity contribution in [1.82, 2.24) is 5.32 Å². The minimum atomic E-state index is -1.64. The van der Waals surface area contributed by atoms with Gasteiger partial charge >= 0.3 is 6.09 Å². The maximum atomic E-state index is 11.0. The van der Waals surface area contributed by atoms with Gasteiger partial charge in [-0.15, -0.1) is 0 Å². The van der Waals surface area contributed by atoms with Crippen LogP contribution < -0.4 is 5.32 Å². The second kappa shape index (κ2) is 3.93. The number of carbonyl (C=O) groups is 1. The first kappa shape index (κ1) is 12.2. The number of alkyl carbamates (subject to hydrolysis) is 1. The third kappa shape index (κ3) is 6.36. The molecule has 1 atom stereocenters. The Bertz CT molecular complexity index is 183. The first-order valence-electron chi connectivity index (χ1n) is 4.01. The molecule has 0 saturated heterocycles. The molecule has 3 N–H and O–H groups in total. The zero-order valence-corrected chi connectivity index (χ0v) is 8.42. The maximum Gasteiger partial charge on any atom is 0.409 e. The number of aliphatic hydroxyl groups excluding tert-OH is 1. The monoisotopic (exact) mass is 191 g/mol. The molecule has 0 spiro atoms. The minimum Gasteiger partial charge on any atom is -0.444 e. The van der Waals surface area contributed by atoms with E-state index >= 15 is 0 Å². The third-order valence-corrected chi connectivity index (χ3v) is 1.08. The van der Waals surface area contributed by atoms with Crippen molar-refractivity contribution < 1.29 is 19.7 Å². The van der Waals surface area contributed by atoms with E-state index in [1.807, 2.05) is 0 Å². The van der Waals surface area contributed by atoms with Gasteiger partial charge in [0.05, 0.1) is 6.61 Å². The maximum absolute atomic E-state index is 11.0. The molecule has 0 heterocycles. The molecule has 1 amide bonds. The van der Waals surface area contributed by atoms with Crippen LogP contribution in [0.2, 0.25) is 0 Å². The zero-order chi connectivity index (χ0) is 10.7. The predicted octanol–water partition coefficient (Wildman–Crippen LogP) is 0.212. The first-order valence-corrected chi connectivity index (χ1v) is 4.01. The molecular weight excluding hydrogens is 174 g/mol. The van der Waals surface area contributed by atoms with Crippen molar-refractivity contribution in [3.63, 3.8) is 0 Å². The number of ether oxygens (including phenoxy) is 1. The summed E-state index contributed by atoms with van der Waals surface area (Å²) in [5.74, 6) is 0. The Morgan fingerprint density at radius 1 is 1.38 bits per heavy atom. The van der Waals surface area contributed by atoms with Gasteiger partial charge in [-0.1, -0.05) is 0 Å². The van der Waals surface area contributed by atoms with E-state index in [2.05, 4.69) is 5.32 Å². The second-order valence-corrected chi connectivity index (χ2v) is 4.06. The highest BCUT2D eigenvalue weighted by Crippen LogP contribution is 2.07. The highest BCUT2D eigenvalue weighted by Gasteiger charge is 2.25. The van der Waals surface area contributed by atoms with Crippen LogP contribution in [-0.2, 0) is 4.74 Å². The minimum absolute atomic E-state index is 0.563. The molecule has 78 valence electrons. The number of hydrogen-bond acceptors (Lipinski definition) is 4. The van der Waals surface area contributed by atoms with Crippen LogP contribution in [0, 0.1) is 0 Å². The summed E-state index contributed by atoms with van der Waals surface area (Å²) in [6.07, 6.45) is -0.758. The number of rotatable bonds is 2. The molecule has 0 radical (unpaired) electrons. The molecule has 0 aliphatic carbocycles. The van der Waals surface area contributed by atoms with E-state index in [9.17, 15) is 9.90 Å². The van der Waals surface area contributed by atoms with Crippen LogP contribution in [0.5, 0.6) is 0 Å². The quantitative estimate of drug-likeness (QED) is 0.545. The van der Waals surface area contributed by atoms with Crippen LogP contribution in [0.15, 0.2) is 0 Å². The lowest BCUT2D eigenvalue weighted by Crippen LogP contribution is -2.50. The molecule has 0 fully saturated rings. The average Bonchev–Trinajstić information content (AvgIpc) is 1.81. The van der Waals surface area contributed by atoms with Gasteiger partial charge in [-0.3, -0.25) is 5.32 Å². The molecular formula is C8H17NO4. The zero-order valence-electron chi connectivity index (χ0n) is 8.42. The molecule has 0 aliphatic rings. The second-order valence-electron chi connectivity index (χ2n) is 4.06. The third-order valence-electron chi connectivity index (χ3n) is 1.08.